The molecule has 0 atom stereocenters. The summed E-state index contributed by atoms with van der Waals surface area (Å²) in [5, 5.41) is 9.62. The number of benzene rings is 1. The van der Waals surface area contributed by atoms with Crippen LogP contribution >= 0.6 is 11.3 Å². The van der Waals surface area contributed by atoms with Crippen LogP contribution in [-0.4, -0.2) is 42.6 Å². The van der Waals surface area contributed by atoms with E-state index in [1.54, 1.807) is 17.5 Å². The number of nitrogens with zero attached hydrogens (tertiary/aromatic N) is 3. The van der Waals surface area contributed by atoms with Gasteiger partial charge < -0.3 is 15.5 Å². The highest BCUT2D eigenvalue weighted by Gasteiger charge is 2.23. The summed E-state index contributed by atoms with van der Waals surface area (Å²) in [6.07, 6.45) is 6.11. The molecule has 1 aromatic carbocycles. The summed E-state index contributed by atoms with van der Waals surface area (Å²) in [7, 11) is 3.95. The van der Waals surface area contributed by atoms with Crippen molar-refractivity contribution in [2.75, 3.05) is 30.9 Å². The SMILES string of the molecule is CN(C)c1ccnc(N[C@H]2CC[C@@H](CNC(=O)c3csc4ccccc34)CC2)n1. The van der Waals surface area contributed by atoms with Crippen molar-refractivity contribution in [3.63, 3.8) is 0 Å². The van der Waals surface area contributed by atoms with Gasteiger partial charge in [-0.3, -0.25) is 4.79 Å². The number of rotatable bonds is 6. The summed E-state index contributed by atoms with van der Waals surface area (Å²) in [5.74, 6) is 2.16. The number of fused-ring (bicyclic) bond motifs is 1. The highest BCUT2D eigenvalue weighted by Crippen LogP contribution is 2.27. The van der Waals surface area contributed by atoms with E-state index in [1.807, 2.05) is 48.6 Å². The third-order valence-electron chi connectivity index (χ3n) is 5.56. The molecular formula is C22H27N5OS. The molecule has 0 bridgehead atoms. The minimum absolute atomic E-state index is 0.0385. The van der Waals surface area contributed by atoms with Crippen LogP contribution in [0.15, 0.2) is 41.9 Å². The minimum atomic E-state index is 0.0385. The van der Waals surface area contributed by atoms with E-state index in [1.165, 1.54) is 0 Å². The topological polar surface area (TPSA) is 70.2 Å². The first-order valence-electron chi connectivity index (χ1n) is 10.1. The van der Waals surface area contributed by atoms with Gasteiger partial charge in [0.1, 0.15) is 5.82 Å². The van der Waals surface area contributed by atoms with Gasteiger partial charge in [-0.05, 0) is 43.7 Å². The molecule has 0 radical (unpaired) electrons. The molecule has 152 valence electrons. The van der Waals surface area contributed by atoms with E-state index in [2.05, 4.69) is 26.7 Å². The lowest BCUT2D eigenvalue weighted by molar-refractivity contribution is 0.0945. The Kier molecular flexibility index (Phi) is 5.94. The second kappa shape index (κ2) is 8.78. The first-order valence-corrected chi connectivity index (χ1v) is 11.0. The zero-order valence-corrected chi connectivity index (χ0v) is 17.7. The van der Waals surface area contributed by atoms with Gasteiger partial charge in [0.15, 0.2) is 0 Å². The van der Waals surface area contributed by atoms with E-state index in [4.69, 9.17) is 0 Å². The van der Waals surface area contributed by atoms with Crippen molar-refractivity contribution < 1.29 is 4.79 Å². The second-order valence-corrected chi connectivity index (χ2v) is 8.76. The molecule has 6 nitrogen and oxygen atoms in total. The average molecular weight is 410 g/mol. The zero-order valence-electron chi connectivity index (χ0n) is 16.9. The smallest absolute Gasteiger partial charge is 0.252 e. The summed E-state index contributed by atoms with van der Waals surface area (Å²) in [5.41, 5.74) is 0.791. The number of nitrogens with one attached hydrogen (secondary N) is 2. The number of carbonyl (C=O) groups excluding carboxylic acids is 1. The molecule has 1 amide bonds. The molecule has 0 spiro atoms. The maximum absolute atomic E-state index is 12.6. The molecule has 1 aliphatic carbocycles. The van der Waals surface area contributed by atoms with Gasteiger partial charge in [0.05, 0.1) is 5.56 Å². The van der Waals surface area contributed by atoms with Crippen molar-refractivity contribution in [1.82, 2.24) is 15.3 Å². The lowest BCUT2D eigenvalue weighted by atomic mass is 9.86. The third-order valence-corrected chi connectivity index (χ3v) is 6.52. The van der Waals surface area contributed by atoms with Crippen LogP contribution in [0.1, 0.15) is 36.0 Å². The van der Waals surface area contributed by atoms with Crippen molar-refractivity contribution in [2.24, 2.45) is 5.92 Å². The van der Waals surface area contributed by atoms with Gasteiger partial charge in [0.25, 0.3) is 5.91 Å². The van der Waals surface area contributed by atoms with Crippen LogP contribution in [0.5, 0.6) is 0 Å². The molecule has 4 rings (SSSR count). The Hall–Kier alpha value is -2.67. The maximum Gasteiger partial charge on any atom is 0.252 e. The molecule has 3 aromatic rings. The molecule has 2 heterocycles. The van der Waals surface area contributed by atoms with Crippen molar-refractivity contribution in [1.29, 1.82) is 0 Å². The average Bonchev–Trinajstić information content (AvgIpc) is 3.17. The molecule has 29 heavy (non-hydrogen) atoms. The highest BCUT2D eigenvalue weighted by atomic mass is 32.1. The van der Waals surface area contributed by atoms with Crippen molar-refractivity contribution in [2.45, 2.75) is 31.7 Å². The van der Waals surface area contributed by atoms with Gasteiger partial charge in [-0.25, -0.2) is 4.98 Å². The Morgan fingerprint density at radius 1 is 1.17 bits per heavy atom. The first-order chi connectivity index (χ1) is 14.1. The number of amides is 1. The van der Waals surface area contributed by atoms with Crippen molar-refractivity contribution in [3.8, 4) is 0 Å². The zero-order chi connectivity index (χ0) is 20.2. The second-order valence-electron chi connectivity index (χ2n) is 7.85. The van der Waals surface area contributed by atoms with Crippen molar-refractivity contribution >= 4 is 39.1 Å². The Morgan fingerprint density at radius 3 is 2.76 bits per heavy atom. The van der Waals surface area contributed by atoms with Gasteiger partial charge in [-0.2, -0.15) is 4.98 Å². The Bertz CT molecular complexity index is 978. The summed E-state index contributed by atoms with van der Waals surface area (Å²) in [4.78, 5) is 23.5. The predicted molar refractivity (Wildman–Crippen MR) is 120 cm³/mol. The molecule has 2 N–H and O–H groups in total. The van der Waals surface area contributed by atoms with Gasteiger partial charge in [-0.1, -0.05) is 18.2 Å². The van der Waals surface area contributed by atoms with Crippen LogP contribution in [0.4, 0.5) is 11.8 Å². The van der Waals surface area contributed by atoms with E-state index >= 15 is 0 Å². The number of carbonyl (C=O) groups is 1. The number of anilines is 2. The van der Waals surface area contributed by atoms with Gasteiger partial charge >= 0.3 is 0 Å². The normalized spacial score (nSPS) is 19.1. The summed E-state index contributed by atoms with van der Waals surface area (Å²) < 4.78 is 1.16. The lowest BCUT2D eigenvalue weighted by Crippen LogP contribution is -2.34. The lowest BCUT2D eigenvalue weighted by Gasteiger charge is -2.29. The highest BCUT2D eigenvalue weighted by molar-refractivity contribution is 7.17. The molecule has 1 fully saturated rings. The van der Waals surface area contributed by atoms with E-state index in [0.29, 0.717) is 17.9 Å². The first kappa shape index (κ1) is 19.6. The Morgan fingerprint density at radius 2 is 1.97 bits per heavy atom. The predicted octanol–water partition coefficient (Wildman–Crippen LogP) is 4.16. The molecule has 1 aliphatic rings. The number of aromatic nitrogens is 2. The van der Waals surface area contributed by atoms with Crippen LogP contribution in [0.3, 0.4) is 0 Å². The number of hydrogen-bond donors (Lipinski definition) is 2. The van der Waals surface area contributed by atoms with E-state index < -0.39 is 0 Å². The quantitative estimate of drug-likeness (QED) is 0.640. The van der Waals surface area contributed by atoms with Gasteiger partial charge in [-0.15, -0.1) is 11.3 Å². The van der Waals surface area contributed by atoms with Gasteiger partial charge in [0.2, 0.25) is 5.95 Å². The molecule has 0 unspecified atom stereocenters. The van der Waals surface area contributed by atoms with Gasteiger partial charge in [0, 0.05) is 48.3 Å². The fourth-order valence-electron chi connectivity index (χ4n) is 3.85. The Balaban J connectivity index is 1.26. The number of thiophene rings is 1. The van der Waals surface area contributed by atoms with Crippen LogP contribution in [0.25, 0.3) is 10.1 Å². The summed E-state index contributed by atoms with van der Waals surface area (Å²) in [6.45, 7) is 0.738. The van der Waals surface area contributed by atoms with E-state index in [-0.39, 0.29) is 5.91 Å². The minimum Gasteiger partial charge on any atom is -0.363 e. The molecule has 0 saturated heterocycles. The summed E-state index contributed by atoms with van der Waals surface area (Å²) >= 11 is 1.62. The number of hydrogen-bond acceptors (Lipinski definition) is 6. The molecular weight excluding hydrogens is 382 g/mol. The molecule has 1 saturated carbocycles. The molecule has 7 heteroatoms. The van der Waals surface area contributed by atoms with Crippen LogP contribution < -0.4 is 15.5 Å². The standard InChI is InChI=1S/C22H27N5OS/c1-27(2)20-11-12-23-22(26-20)25-16-9-7-15(8-10-16)13-24-21(28)18-14-29-19-6-4-3-5-17(18)19/h3-6,11-12,14-16H,7-10,13H2,1-2H3,(H,24,28)(H,23,25,26)/t15-,16+. The summed E-state index contributed by atoms with van der Waals surface area (Å²) in [6, 6.07) is 10.4. The van der Waals surface area contributed by atoms with Crippen LogP contribution in [0.2, 0.25) is 0 Å². The fourth-order valence-corrected chi connectivity index (χ4v) is 4.79. The van der Waals surface area contributed by atoms with E-state index in [9.17, 15) is 4.79 Å². The fraction of sp³-hybridized carbons (Fsp3) is 0.409. The monoisotopic (exact) mass is 409 g/mol. The third kappa shape index (κ3) is 4.67. The molecule has 0 aliphatic heterocycles. The van der Waals surface area contributed by atoms with Crippen molar-refractivity contribution in [3.05, 3.63) is 47.5 Å². The molecule has 2 aromatic heterocycles. The Labute approximate surface area is 175 Å². The maximum atomic E-state index is 12.6. The van der Waals surface area contributed by atoms with Crippen LogP contribution in [0, 0.1) is 5.92 Å². The van der Waals surface area contributed by atoms with E-state index in [0.717, 1.165) is 53.7 Å². The largest absolute Gasteiger partial charge is 0.363 e. The van der Waals surface area contributed by atoms with Crippen LogP contribution in [-0.2, 0) is 0 Å².